The predicted molar refractivity (Wildman–Crippen MR) is 116 cm³/mol. The lowest BCUT2D eigenvalue weighted by atomic mass is 10.1. The predicted octanol–water partition coefficient (Wildman–Crippen LogP) is 3.26. The number of rotatable bonds is 8. The van der Waals surface area contributed by atoms with E-state index < -0.39 is 4.92 Å². The fourth-order valence-corrected chi connectivity index (χ4v) is 3.52. The average molecular weight is 433 g/mol. The van der Waals surface area contributed by atoms with Crippen LogP contribution in [0.2, 0.25) is 5.02 Å². The standard InChI is InChI=1S/C21H25ClN4O4/c1-30-13-8-23-19-7-4-17(14-20(19)26(28)29)21(27)25-11-9-24(10-12-25)15-16-2-5-18(22)6-3-16/h2-7,14,23H,8-13,15H2,1H3. The Bertz CT molecular complexity index is 883. The van der Waals surface area contributed by atoms with Crippen LogP contribution in [0.3, 0.4) is 0 Å². The Morgan fingerprint density at radius 3 is 2.50 bits per heavy atom. The van der Waals surface area contributed by atoms with Crippen LogP contribution in [0.15, 0.2) is 42.5 Å². The Kier molecular flexibility index (Phi) is 7.62. The van der Waals surface area contributed by atoms with E-state index in [1.165, 1.54) is 11.6 Å². The SMILES string of the molecule is COCCNc1ccc(C(=O)N2CCN(Cc3ccc(Cl)cc3)CC2)cc1[N+](=O)[O-]. The number of nitro benzene ring substituents is 1. The molecule has 0 aliphatic carbocycles. The highest BCUT2D eigenvalue weighted by atomic mass is 35.5. The van der Waals surface area contributed by atoms with Gasteiger partial charge in [-0.15, -0.1) is 0 Å². The van der Waals surface area contributed by atoms with Gasteiger partial charge in [0.2, 0.25) is 0 Å². The molecular formula is C21H25ClN4O4. The van der Waals surface area contributed by atoms with Gasteiger partial charge >= 0.3 is 0 Å². The van der Waals surface area contributed by atoms with Crippen molar-refractivity contribution in [1.82, 2.24) is 9.80 Å². The summed E-state index contributed by atoms with van der Waals surface area (Å²) in [5.41, 5.74) is 1.76. The van der Waals surface area contributed by atoms with E-state index in [4.69, 9.17) is 16.3 Å². The second-order valence-corrected chi connectivity index (χ2v) is 7.54. The van der Waals surface area contributed by atoms with Crippen molar-refractivity contribution >= 4 is 28.9 Å². The number of halogens is 1. The van der Waals surface area contributed by atoms with Gasteiger partial charge in [0.25, 0.3) is 11.6 Å². The van der Waals surface area contributed by atoms with Crippen molar-refractivity contribution in [3.63, 3.8) is 0 Å². The molecule has 2 aromatic rings. The van der Waals surface area contributed by atoms with Crippen LogP contribution < -0.4 is 5.32 Å². The van der Waals surface area contributed by atoms with Gasteiger partial charge in [-0.1, -0.05) is 23.7 Å². The summed E-state index contributed by atoms with van der Waals surface area (Å²) in [4.78, 5) is 27.9. The fourth-order valence-electron chi connectivity index (χ4n) is 3.39. The van der Waals surface area contributed by atoms with Crippen molar-refractivity contribution in [1.29, 1.82) is 0 Å². The first-order chi connectivity index (χ1) is 14.5. The Morgan fingerprint density at radius 2 is 1.87 bits per heavy atom. The molecule has 0 bridgehead atoms. The number of benzene rings is 2. The van der Waals surface area contributed by atoms with E-state index >= 15 is 0 Å². The van der Waals surface area contributed by atoms with E-state index in [0.717, 1.165) is 19.6 Å². The van der Waals surface area contributed by atoms with E-state index in [1.54, 1.807) is 24.1 Å². The van der Waals surface area contributed by atoms with Crippen LogP contribution in [0.25, 0.3) is 0 Å². The molecule has 160 valence electrons. The third-order valence-corrected chi connectivity index (χ3v) is 5.29. The first kappa shape index (κ1) is 22.0. The van der Waals surface area contributed by atoms with E-state index in [-0.39, 0.29) is 11.6 Å². The Hall–Kier alpha value is -2.68. The van der Waals surface area contributed by atoms with Crippen LogP contribution in [-0.4, -0.2) is 67.1 Å². The van der Waals surface area contributed by atoms with Crippen molar-refractivity contribution in [2.75, 3.05) is 51.8 Å². The average Bonchev–Trinajstić information content (AvgIpc) is 2.75. The highest BCUT2D eigenvalue weighted by Crippen LogP contribution is 2.26. The summed E-state index contributed by atoms with van der Waals surface area (Å²) in [5, 5.41) is 15.1. The lowest BCUT2D eigenvalue weighted by Gasteiger charge is -2.34. The lowest BCUT2D eigenvalue weighted by molar-refractivity contribution is -0.384. The minimum absolute atomic E-state index is 0.113. The van der Waals surface area contributed by atoms with E-state index in [9.17, 15) is 14.9 Å². The van der Waals surface area contributed by atoms with Gasteiger partial charge in [-0.2, -0.15) is 0 Å². The molecule has 9 heteroatoms. The van der Waals surface area contributed by atoms with Crippen molar-refractivity contribution in [2.24, 2.45) is 0 Å². The highest BCUT2D eigenvalue weighted by Gasteiger charge is 2.24. The topological polar surface area (TPSA) is 88.0 Å². The summed E-state index contributed by atoms with van der Waals surface area (Å²) < 4.78 is 4.95. The molecule has 0 radical (unpaired) electrons. The molecule has 0 unspecified atom stereocenters. The summed E-state index contributed by atoms with van der Waals surface area (Å²) in [6.07, 6.45) is 0. The van der Waals surface area contributed by atoms with Crippen molar-refractivity contribution in [2.45, 2.75) is 6.54 Å². The van der Waals surface area contributed by atoms with Crippen molar-refractivity contribution in [3.05, 3.63) is 68.7 Å². The van der Waals surface area contributed by atoms with Gasteiger partial charge in [0, 0.05) is 63.0 Å². The zero-order chi connectivity index (χ0) is 21.5. The molecule has 0 saturated carbocycles. The normalized spacial score (nSPS) is 14.5. The largest absolute Gasteiger partial charge is 0.383 e. The number of amides is 1. The summed E-state index contributed by atoms with van der Waals surface area (Å²) in [5.74, 6) is -0.187. The zero-order valence-corrected chi connectivity index (χ0v) is 17.6. The summed E-state index contributed by atoms with van der Waals surface area (Å²) in [6.45, 7) is 4.31. The molecule has 0 aromatic heterocycles. The van der Waals surface area contributed by atoms with Gasteiger partial charge in [-0.05, 0) is 29.8 Å². The molecule has 1 aliphatic rings. The van der Waals surface area contributed by atoms with Gasteiger partial charge in [-0.3, -0.25) is 19.8 Å². The van der Waals surface area contributed by atoms with Crippen LogP contribution in [0.4, 0.5) is 11.4 Å². The first-order valence-electron chi connectivity index (χ1n) is 9.75. The summed E-state index contributed by atoms with van der Waals surface area (Å²) in [7, 11) is 1.56. The Balaban J connectivity index is 1.60. The number of nitrogens with zero attached hydrogens (tertiary/aromatic N) is 3. The number of ether oxygens (including phenoxy) is 1. The number of nitrogens with one attached hydrogen (secondary N) is 1. The Morgan fingerprint density at radius 1 is 1.17 bits per heavy atom. The van der Waals surface area contributed by atoms with Crippen LogP contribution >= 0.6 is 11.6 Å². The van der Waals surface area contributed by atoms with Crippen LogP contribution in [0, 0.1) is 10.1 Å². The second kappa shape index (κ2) is 10.4. The third kappa shape index (κ3) is 5.69. The molecule has 3 rings (SSSR count). The zero-order valence-electron chi connectivity index (χ0n) is 16.8. The second-order valence-electron chi connectivity index (χ2n) is 7.10. The maximum Gasteiger partial charge on any atom is 0.293 e. The number of hydrogen-bond donors (Lipinski definition) is 1. The maximum absolute atomic E-state index is 12.9. The Labute approximate surface area is 180 Å². The highest BCUT2D eigenvalue weighted by molar-refractivity contribution is 6.30. The van der Waals surface area contributed by atoms with Gasteiger partial charge in [0.1, 0.15) is 5.69 Å². The van der Waals surface area contributed by atoms with E-state index in [2.05, 4.69) is 10.2 Å². The molecule has 1 N–H and O–H groups in total. The van der Waals surface area contributed by atoms with Gasteiger partial charge < -0.3 is 15.0 Å². The number of nitro groups is 1. The van der Waals surface area contributed by atoms with Crippen LogP contribution in [0.5, 0.6) is 0 Å². The smallest absolute Gasteiger partial charge is 0.293 e. The lowest BCUT2D eigenvalue weighted by Crippen LogP contribution is -2.48. The van der Waals surface area contributed by atoms with Gasteiger partial charge in [0.15, 0.2) is 0 Å². The van der Waals surface area contributed by atoms with E-state index in [1.807, 2.05) is 24.3 Å². The number of methoxy groups -OCH3 is 1. The summed E-state index contributed by atoms with van der Waals surface area (Å²) >= 11 is 5.93. The monoisotopic (exact) mass is 432 g/mol. The molecule has 0 atom stereocenters. The van der Waals surface area contributed by atoms with Gasteiger partial charge in [-0.25, -0.2) is 0 Å². The molecule has 1 heterocycles. The third-order valence-electron chi connectivity index (χ3n) is 5.04. The molecular weight excluding hydrogens is 408 g/mol. The molecule has 1 saturated heterocycles. The van der Waals surface area contributed by atoms with Gasteiger partial charge in [0.05, 0.1) is 11.5 Å². The molecule has 30 heavy (non-hydrogen) atoms. The number of anilines is 1. The number of piperazine rings is 1. The first-order valence-corrected chi connectivity index (χ1v) is 10.1. The number of hydrogen-bond acceptors (Lipinski definition) is 6. The molecule has 0 spiro atoms. The number of carbonyl (C=O) groups is 1. The molecule has 2 aromatic carbocycles. The number of carbonyl (C=O) groups excluding carboxylic acids is 1. The van der Waals surface area contributed by atoms with Crippen molar-refractivity contribution in [3.8, 4) is 0 Å². The molecule has 8 nitrogen and oxygen atoms in total. The molecule has 1 aliphatic heterocycles. The minimum atomic E-state index is -0.476. The molecule has 1 amide bonds. The quantitative estimate of drug-likeness (QED) is 0.391. The van der Waals surface area contributed by atoms with Crippen molar-refractivity contribution < 1.29 is 14.5 Å². The fraction of sp³-hybridized carbons (Fsp3) is 0.381. The summed E-state index contributed by atoms with van der Waals surface area (Å²) in [6, 6.07) is 12.3. The molecule has 1 fully saturated rings. The minimum Gasteiger partial charge on any atom is -0.383 e. The van der Waals surface area contributed by atoms with Crippen LogP contribution in [-0.2, 0) is 11.3 Å². The van der Waals surface area contributed by atoms with E-state index in [0.29, 0.717) is 42.5 Å². The maximum atomic E-state index is 12.9. The van der Waals surface area contributed by atoms with Crippen LogP contribution in [0.1, 0.15) is 15.9 Å².